The number of fused-ring (bicyclic) bond motifs is 3. The molecule has 238 valence electrons. The molecule has 0 saturated carbocycles. The molecule has 0 aliphatic heterocycles. The predicted octanol–water partition coefficient (Wildman–Crippen LogP) is 14.3. The summed E-state index contributed by atoms with van der Waals surface area (Å²) < 4.78 is 0. The number of thiophene rings is 2. The fourth-order valence-electron chi connectivity index (χ4n) is 7.00. The van der Waals surface area contributed by atoms with Crippen LogP contribution in [0.1, 0.15) is 87.5 Å². The summed E-state index contributed by atoms with van der Waals surface area (Å²) in [4.78, 5) is 5.39. The molecule has 2 aromatic heterocycles. The molecular weight excluding hydrogens is 605 g/mol. The lowest BCUT2D eigenvalue weighted by molar-refractivity contribution is 0.667. The van der Waals surface area contributed by atoms with E-state index >= 15 is 0 Å². The molecule has 2 heteroatoms. The highest BCUT2D eigenvalue weighted by Crippen LogP contribution is 2.43. The van der Waals surface area contributed by atoms with Crippen LogP contribution in [0.25, 0.3) is 52.9 Å². The smallest absolute Gasteiger partial charge is 0.0349 e. The summed E-state index contributed by atoms with van der Waals surface area (Å²) in [7, 11) is 0. The van der Waals surface area contributed by atoms with Gasteiger partial charge in [-0.05, 0) is 124 Å². The van der Waals surface area contributed by atoms with Gasteiger partial charge in [0.2, 0.25) is 0 Å². The molecule has 2 heterocycles. The van der Waals surface area contributed by atoms with Crippen molar-refractivity contribution in [1.82, 2.24) is 0 Å². The Kier molecular flexibility index (Phi) is 10.2. The zero-order valence-corrected chi connectivity index (χ0v) is 29.6. The van der Waals surface area contributed by atoms with Crippen molar-refractivity contribution in [2.24, 2.45) is 0 Å². The van der Waals surface area contributed by atoms with Gasteiger partial charge in [0.25, 0.3) is 0 Å². The van der Waals surface area contributed by atoms with E-state index in [9.17, 15) is 0 Å². The van der Waals surface area contributed by atoms with Crippen LogP contribution in [0, 0.1) is 0 Å². The van der Waals surface area contributed by atoms with Crippen molar-refractivity contribution in [3.63, 3.8) is 0 Å². The Morgan fingerprint density at radius 1 is 0.404 bits per heavy atom. The van der Waals surface area contributed by atoms with Gasteiger partial charge in [-0.15, -0.1) is 22.7 Å². The molecule has 0 bridgehead atoms. The molecule has 0 amide bonds. The molecular formula is C45H46S2. The Bertz CT molecular complexity index is 1770. The molecule has 0 spiro atoms. The maximum absolute atomic E-state index is 2.43. The Balaban J connectivity index is 1.01. The van der Waals surface area contributed by atoms with Gasteiger partial charge in [-0.1, -0.05) is 125 Å². The van der Waals surface area contributed by atoms with Gasteiger partial charge >= 0.3 is 0 Å². The van der Waals surface area contributed by atoms with E-state index in [2.05, 4.69) is 123 Å². The summed E-state index contributed by atoms with van der Waals surface area (Å²) in [5, 5.41) is 0. The first kappa shape index (κ1) is 31.9. The highest BCUT2D eigenvalue weighted by Gasteiger charge is 2.20. The van der Waals surface area contributed by atoms with E-state index in [-0.39, 0.29) is 0 Å². The maximum Gasteiger partial charge on any atom is 0.0349 e. The van der Waals surface area contributed by atoms with Crippen molar-refractivity contribution in [2.45, 2.75) is 84.5 Å². The average Bonchev–Trinajstić information content (AvgIpc) is 3.88. The summed E-state index contributed by atoms with van der Waals surface area (Å²) in [6, 6.07) is 41.9. The minimum atomic E-state index is 1.00. The Morgan fingerprint density at radius 3 is 1.19 bits per heavy atom. The topological polar surface area (TPSA) is 0 Å². The lowest BCUT2D eigenvalue weighted by atomic mass is 10.0. The lowest BCUT2D eigenvalue weighted by Crippen LogP contribution is -1.85. The lowest BCUT2D eigenvalue weighted by Gasteiger charge is -2.05. The predicted molar refractivity (Wildman–Crippen MR) is 208 cm³/mol. The first-order valence-electron chi connectivity index (χ1n) is 17.8. The van der Waals surface area contributed by atoms with E-state index in [4.69, 9.17) is 0 Å². The second-order valence-corrected chi connectivity index (χ2v) is 15.4. The molecule has 1 aliphatic rings. The third-order valence-corrected chi connectivity index (χ3v) is 12.1. The zero-order chi connectivity index (χ0) is 32.0. The van der Waals surface area contributed by atoms with Crippen molar-refractivity contribution in [1.29, 1.82) is 0 Å². The highest BCUT2D eigenvalue weighted by atomic mass is 32.1. The van der Waals surface area contributed by atoms with Crippen LogP contribution in [0.3, 0.4) is 0 Å². The molecule has 0 nitrogen and oxygen atoms in total. The van der Waals surface area contributed by atoms with Gasteiger partial charge in [0.1, 0.15) is 0 Å². The second kappa shape index (κ2) is 15.0. The van der Waals surface area contributed by atoms with Crippen LogP contribution in [0.2, 0.25) is 0 Å². The molecule has 4 aromatic carbocycles. The van der Waals surface area contributed by atoms with Crippen molar-refractivity contribution < 1.29 is 0 Å². The molecule has 7 rings (SSSR count). The third-order valence-electron chi connectivity index (χ3n) is 9.78. The van der Waals surface area contributed by atoms with Gasteiger partial charge in [-0.2, -0.15) is 0 Å². The van der Waals surface area contributed by atoms with Crippen LogP contribution in [0.15, 0.2) is 109 Å². The van der Waals surface area contributed by atoms with Gasteiger partial charge in [-0.25, -0.2) is 0 Å². The molecule has 0 atom stereocenters. The summed E-state index contributed by atoms with van der Waals surface area (Å²) in [6.45, 7) is 4.55. The molecule has 47 heavy (non-hydrogen) atoms. The number of hydrogen-bond acceptors (Lipinski definition) is 2. The highest BCUT2D eigenvalue weighted by molar-refractivity contribution is 7.19. The van der Waals surface area contributed by atoms with Crippen molar-refractivity contribution >= 4 is 22.7 Å². The molecule has 1 aliphatic carbocycles. The van der Waals surface area contributed by atoms with Crippen molar-refractivity contribution in [3.05, 3.63) is 131 Å². The van der Waals surface area contributed by atoms with Crippen LogP contribution in [-0.4, -0.2) is 0 Å². The van der Waals surface area contributed by atoms with Gasteiger partial charge in [0, 0.05) is 19.5 Å². The number of aryl methyl sites for hydroxylation is 2. The summed E-state index contributed by atoms with van der Waals surface area (Å²) in [5.41, 5.74) is 13.9. The summed E-state index contributed by atoms with van der Waals surface area (Å²) in [6.07, 6.45) is 13.9. The molecule has 0 N–H and O–H groups in total. The molecule has 6 aromatic rings. The third kappa shape index (κ3) is 7.40. The second-order valence-electron chi connectivity index (χ2n) is 13.3. The van der Waals surface area contributed by atoms with Crippen LogP contribution in [0.4, 0.5) is 0 Å². The van der Waals surface area contributed by atoms with E-state index in [1.807, 2.05) is 22.7 Å². The van der Waals surface area contributed by atoms with Crippen LogP contribution in [-0.2, 0) is 19.3 Å². The fraction of sp³-hybridized carbons (Fsp3) is 0.289. The Hall–Kier alpha value is -3.72. The first-order chi connectivity index (χ1) is 23.2. The Labute approximate surface area is 290 Å². The summed E-state index contributed by atoms with van der Waals surface area (Å²) in [5.74, 6) is 0. The van der Waals surface area contributed by atoms with E-state index in [1.165, 1.54) is 139 Å². The standard InChI is InChI=1S/C45H46S2/c1-3-5-7-9-11-32-13-17-34(18-14-32)42-25-27-44(46-42)36-21-23-40-38(29-36)31-39-30-37(22-24-41(39)40)45-28-26-43(47-45)35-19-15-33(16-20-35)12-10-8-6-4-2/h13-30H,3-12,31H2,1-2H3. The van der Waals surface area contributed by atoms with Gasteiger partial charge < -0.3 is 0 Å². The van der Waals surface area contributed by atoms with Gasteiger partial charge in [0.05, 0.1) is 0 Å². The monoisotopic (exact) mass is 650 g/mol. The number of benzene rings is 4. The molecule has 0 fully saturated rings. The van der Waals surface area contributed by atoms with E-state index in [0.717, 1.165) is 6.42 Å². The SMILES string of the molecule is CCCCCCc1ccc(-c2ccc(-c3ccc4c(c3)Cc3cc(-c5ccc(-c6ccc(CCCCCC)cc6)s5)ccc3-4)s2)cc1. The van der Waals surface area contributed by atoms with Gasteiger partial charge in [-0.3, -0.25) is 0 Å². The van der Waals surface area contributed by atoms with Crippen molar-refractivity contribution in [2.75, 3.05) is 0 Å². The minimum Gasteiger partial charge on any atom is -0.135 e. The first-order valence-corrected chi connectivity index (χ1v) is 19.5. The van der Waals surface area contributed by atoms with Crippen LogP contribution >= 0.6 is 22.7 Å². The van der Waals surface area contributed by atoms with Crippen LogP contribution in [0.5, 0.6) is 0 Å². The number of unbranched alkanes of at least 4 members (excludes halogenated alkanes) is 6. The quantitative estimate of drug-likeness (QED) is 0.103. The van der Waals surface area contributed by atoms with Crippen LogP contribution < -0.4 is 0 Å². The van der Waals surface area contributed by atoms with Crippen molar-refractivity contribution in [3.8, 4) is 52.9 Å². The molecule has 0 radical (unpaired) electrons. The molecule has 0 saturated heterocycles. The largest absolute Gasteiger partial charge is 0.135 e. The number of hydrogen-bond donors (Lipinski definition) is 0. The Morgan fingerprint density at radius 2 is 0.787 bits per heavy atom. The summed E-state index contributed by atoms with van der Waals surface area (Å²) >= 11 is 3.81. The van der Waals surface area contributed by atoms with Gasteiger partial charge in [0.15, 0.2) is 0 Å². The van der Waals surface area contributed by atoms with E-state index in [0.29, 0.717) is 0 Å². The van der Waals surface area contributed by atoms with E-state index < -0.39 is 0 Å². The maximum atomic E-state index is 2.43. The normalized spacial score (nSPS) is 12.0. The molecule has 0 unspecified atom stereocenters. The average molecular weight is 651 g/mol. The number of rotatable bonds is 14. The fourth-order valence-corrected chi connectivity index (χ4v) is 9.01. The van der Waals surface area contributed by atoms with E-state index in [1.54, 1.807) is 0 Å². The minimum absolute atomic E-state index is 1.00. The zero-order valence-electron chi connectivity index (χ0n) is 28.0.